The molecule has 2 amide bonds. The van der Waals surface area contributed by atoms with Gasteiger partial charge >= 0.3 is 12.2 Å². The molecule has 1 aromatic carbocycles. The van der Waals surface area contributed by atoms with Crippen molar-refractivity contribution in [2.75, 3.05) is 11.9 Å². The van der Waals surface area contributed by atoms with E-state index < -0.39 is 22.8 Å². The van der Waals surface area contributed by atoms with Crippen LogP contribution in [0.15, 0.2) is 30.9 Å². The monoisotopic (exact) mass is 401 g/mol. The lowest BCUT2D eigenvalue weighted by molar-refractivity contribution is -0.137. The van der Waals surface area contributed by atoms with Crippen LogP contribution in [0, 0.1) is 0 Å². The summed E-state index contributed by atoms with van der Waals surface area (Å²) in [5.41, 5.74) is -0.900. The Labute approximate surface area is 161 Å². The highest BCUT2D eigenvalue weighted by Gasteiger charge is 2.38. The number of nitrogens with zero attached hydrogens (tertiary/aromatic N) is 1. The highest BCUT2D eigenvalue weighted by molar-refractivity contribution is 6.31. The van der Waals surface area contributed by atoms with Crippen molar-refractivity contribution >= 4 is 23.3 Å². The van der Waals surface area contributed by atoms with Gasteiger partial charge in [-0.3, -0.25) is 4.90 Å². The van der Waals surface area contributed by atoms with Crippen LogP contribution in [0.25, 0.3) is 0 Å². The van der Waals surface area contributed by atoms with Crippen LogP contribution in [-0.4, -0.2) is 35.6 Å². The van der Waals surface area contributed by atoms with Crippen LogP contribution in [0.5, 0.6) is 0 Å². The Morgan fingerprint density at radius 3 is 2.56 bits per heavy atom. The van der Waals surface area contributed by atoms with Crippen LogP contribution in [0.2, 0.25) is 5.02 Å². The SMILES string of the molecule is C=CCN1C2CCCC1CC(NC(=O)Nc1ccc(Cl)c(C(F)(F)F)c1)C2. The lowest BCUT2D eigenvalue weighted by Gasteiger charge is -2.48. The number of nitrogens with one attached hydrogen (secondary N) is 2. The molecule has 2 heterocycles. The van der Waals surface area contributed by atoms with Gasteiger partial charge < -0.3 is 10.6 Å². The summed E-state index contributed by atoms with van der Waals surface area (Å²) in [4.78, 5) is 14.7. The number of amides is 2. The molecule has 0 aromatic heterocycles. The van der Waals surface area contributed by atoms with Gasteiger partial charge in [-0.05, 0) is 43.9 Å². The summed E-state index contributed by atoms with van der Waals surface area (Å²) in [5.74, 6) is 0. The van der Waals surface area contributed by atoms with Crippen molar-refractivity contribution in [2.45, 2.75) is 56.4 Å². The first kappa shape index (κ1) is 20.0. The first-order valence-electron chi connectivity index (χ1n) is 9.09. The van der Waals surface area contributed by atoms with Crippen molar-refractivity contribution in [3.05, 3.63) is 41.4 Å². The number of urea groups is 1. The number of piperidine rings is 2. The molecule has 2 atom stereocenters. The van der Waals surface area contributed by atoms with Crippen LogP contribution in [0.4, 0.5) is 23.7 Å². The van der Waals surface area contributed by atoms with Gasteiger partial charge in [-0.1, -0.05) is 24.1 Å². The number of carbonyl (C=O) groups excluding carboxylic acids is 1. The Kier molecular flexibility index (Phi) is 6.01. The first-order chi connectivity index (χ1) is 12.8. The zero-order valence-electron chi connectivity index (χ0n) is 14.9. The third kappa shape index (κ3) is 4.76. The molecule has 3 rings (SSSR count). The highest BCUT2D eigenvalue weighted by atomic mass is 35.5. The fraction of sp³-hybridized carbons (Fsp3) is 0.526. The number of halogens is 4. The van der Waals surface area contributed by atoms with Crippen molar-refractivity contribution in [1.29, 1.82) is 0 Å². The third-order valence-electron chi connectivity index (χ3n) is 5.33. The van der Waals surface area contributed by atoms with Gasteiger partial charge in [-0.25, -0.2) is 4.79 Å². The van der Waals surface area contributed by atoms with Crippen LogP contribution >= 0.6 is 11.6 Å². The fourth-order valence-electron chi connectivity index (χ4n) is 4.22. The molecule has 1 aromatic rings. The van der Waals surface area contributed by atoms with E-state index in [1.165, 1.54) is 12.5 Å². The molecule has 2 bridgehead atoms. The molecule has 2 saturated heterocycles. The summed E-state index contributed by atoms with van der Waals surface area (Å²) >= 11 is 5.61. The number of fused-ring (bicyclic) bond motifs is 2. The smallest absolute Gasteiger partial charge is 0.335 e. The van der Waals surface area contributed by atoms with Gasteiger partial charge in [0.05, 0.1) is 10.6 Å². The predicted molar refractivity (Wildman–Crippen MR) is 100.0 cm³/mol. The molecule has 8 heteroatoms. The second-order valence-corrected chi connectivity index (χ2v) is 7.59. The summed E-state index contributed by atoms with van der Waals surface area (Å²) < 4.78 is 38.8. The van der Waals surface area contributed by atoms with E-state index in [-0.39, 0.29) is 11.7 Å². The summed E-state index contributed by atoms with van der Waals surface area (Å²) in [6.45, 7) is 4.66. The molecule has 2 N–H and O–H groups in total. The lowest BCUT2D eigenvalue weighted by Crippen LogP contribution is -2.57. The summed E-state index contributed by atoms with van der Waals surface area (Å²) in [5, 5.41) is 5.01. The van der Waals surface area contributed by atoms with E-state index in [0.29, 0.717) is 12.1 Å². The minimum Gasteiger partial charge on any atom is -0.335 e. The molecule has 2 aliphatic rings. The number of rotatable bonds is 4. The molecule has 0 radical (unpaired) electrons. The lowest BCUT2D eigenvalue weighted by atomic mass is 9.82. The maximum Gasteiger partial charge on any atom is 0.417 e. The van der Waals surface area contributed by atoms with Crippen LogP contribution in [0.1, 0.15) is 37.7 Å². The van der Waals surface area contributed by atoms with Gasteiger partial charge in [0.2, 0.25) is 0 Å². The Morgan fingerprint density at radius 2 is 1.96 bits per heavy atom. The molecule has 2 unspecified atom stereocenters. The molecular weight excluding hydrogens is 379 g/mol. The Hall–Kier alpha value is -1.73. The van der Waals surface area contributed by atoms with Crippen LogP contribution in [0.3, 0.4) is 0 Å². The first-order valence-corrected chi connectivity index (χ1v) is 9.46. The Morgan fingerprint density at radius 1 is 1.30 bits per heavy atom. The van der Waals surface area contributed by atoms with Crippen molar-refractivity contribution < 1.29 is 18.0 Å². The largest absolute Gasteiger partial charge is 0.417 e. The zero-order chi connectivity index (χ0) is 19.6. The van der Waals surface area contributed by atoms with Gasteiger partial charge in [-0.15, -0.1) is 6.58 Å². The summed E-state index contributed by atoms with van der Waals surface area (Å²) in [6.07, 6.45) is 2.39. The van der Waals surface area contributed by atoms with Crippen molar-refractivity contribution in [2.24, 2.45) is 0 Å². The number of benzene rings is 1. The van der Waals surface area contributed by atoms with Crippen molar-refractivity contribution in [3.63, 3.8) is 0 Å². The molecular formula is C19H23ClF3N3O. The topological polar surface area (TPSA) is 44.4 Å². The van der Waals surface area contributed by atoms with E-state index in [0.717, 1.165) is 44.4 Å². The minimum atomic E-state index is -4.57. The average Bonchev–Trinajstić information content (AvgIpc) is 2.56. The molecule has 2 fully saturated rings. The molecule has 2 aliphatic heterocycles. The molecule has 0 aliphatic carbocycles. The van der Waals surface area contributed by atoms with E-state index >= 15 is 0 Å². The molecule has 0 spiro atoms. The third-order valence-corrected chi connectivity index (χ3v) is 5.66. The van der Waals surface area contributed by atoms with Gasteiger partial charge in [0, 0.05) is 30.4 Å². The maximum atomic E-state index is 12.9. The van der Waals surface area contributed by atoms with Crippen molar-refractivity contribution in [1.82, 2.24) is 10.2 Å². The normalized spacial score (nSPS) is 25.7. The number of hydrogen-bond donors (Lipinski definition) is 2. The molecule has 4 nitrogen and oxygen atoms in total. The second-order valence-electron chi connectivity index (χ2n) is 7.18. The highest BCUT2D eigenvalue weighted by Crippen LogP contribution is 2.36. The number of carbonyl (C=O) groups is 1. The van der Waals surface area contributed by atoms with E-state index in [1.807, 2.05) is 6.08 Å². The fourth-order valence-corrected chi connectivity index (χ4v) is 4.44. The number of alkyl halides is 3. The molecule has 0 saturated carbocycles. The Balaban J connectivity index is 1.61. The molecule has 27 heavy (non-hydrogen) atoms. The maximum absolute atomic E-state index is 12.9. The minimum absolute atomic E-state index is 0.00996. The average molecular weight is 402 g/mol. The van der Waals surface area contributed by atoms with Gasteiger partial charge in [-0.2, -0.15) is 13.2 Å². The van der Waals surface area contributed by atoms with Crippen LogP contribution in [-0.2, 0) is 6.18 Å². The van der Waals surface area contributed by atoms with Gasteiger partial charge in [0.25, 0.3) is 0 Å². The van der Waals surface area contributed by atoms with Crippen molar-refractivity contribution in [3.8, 4) is 0 Å². The van der Waals surface area contributed by atoms with E-state index in [9.17, 15) is 18.0 Å². The predicted octanol–water partition coefficient (Wildman–Crippen LogP) is 5.05. The summed E-state index contributed by atoms with van der Waals surface area (Å²) in [7, 11) is 0. The van der Waals surface area contributed by atoms with E-state index in [4.69, 9.17) is 11.6 Å². The second kappa shape index (κ2) is 8.10. The number of hydrogen-bond acceptors (Lipinski definition) is 2. The van der Waals surface area contributed by atoms with E-state index in [2.05, 4.69) is 22.1 Å². The van der Waals surface area contributed by atoms with E-state index in [1.54, 1.807) is 0 Å². The van der Waals surface area contributed by atoms with Crippen LogP contribution < -0.4 is 10.6 Å². The zero-order valence-corrected chi connectivity index (χ0v) is 15.6. The standard InChI is InChI=1S/C19H23ClF3N3O/c1-2-8-26-14-4-3-5-15(26)10-13(9-14)25-18(27)24-12-6-7-17(20)16(11-12)19(21,22)23/h2,6-7,11,13-15H,1,3-5,8-10H2,(H2,24,25,27). The van der Waals surface area contributed by atoms with Gasteiger partial charge in [0.1, 0.15) is 0 Å². The summed E-state index contributed by atoms with van der Waals surface area (Å²) in [6, 6.07) is 3.68. The quantitative estimate of drug-likeness (QED) is 0.693. The molecule has 148 valence electrons. The number of anilines is 1. The Bertz CT molecular complexity index is 696. The van der Waals surface area contributed by atoms with Gasteiger partial charge in [0.15, 0.2) is 0 Å².